The molecule has 0 aromatic heterocycles. The zero-order chi connectivity index (χ0) is 17.7. The van der Waals surface area contributed by atoms with Crippen molar-refractivity contribution in [2.75, 3.05) is 31.1 Å². The first kappa shape index (κ1) is 17.7. The van der Waals surface area contributed by atoms with Crippen LogP contribution in [0.2, 0.25) is 0 Å². The quantitative estimate of drug-likeness (QED) is 0.561. The second kappa shape index (κ2) is 7.76. The Labute approximate surface area is 140 Å². The minimum absolute atomic E-state index is 0.145. The summed E-state index contributed by atoms with van der Waals surface area (Å²) in [6.07, 6.45) is 1.86. The van der Waals surface area contributed by atoms with Crippen molar-refractivity contribution in [3.05, 3.63) is 28.3 Å². The molecule has 0 radical (unpaired) electrons. The number of carbonyl (C=O) groups excluding carboxylic acids is 2. The van der Waals surface area contributed by atoms with Crippen molar-refractivity contribution in [2.45, 2.75) is 26.7 Å². The molecule has 0 aliphatic carbocycles. The van der Waals surface area contributed by atoms with E-state index in [1.165, 1.54) is 23.1 Å². The number of likely N-dealkylation sites (N-methyl/N-ethyl adjacent to an activating group) is 1. The first-order chi connectivity index (χ1) is 11.5. The van der Waals surface area contributed by atoms with Gasteiger partial charge in [0.05, 0.1) is 10.6 Å². The maximum Gasteiger partial charge on any atom is 0.271 e. The fraction of sp³-hybridized carbons (Fsp3) is 0.500. The predicted molar refractivity (Wildman–Crippen MR) is 88.1 cm³/mol. The van der Waals surface area contributed by atoms with Gasteiger partial charge in [-0.1, -0.05) is 13.3 Å². The fourth-order valence-electron chi connectivity index (χ4n) is 2.52. The van der Waals surface area contributed by atoms with E-state index in [-0.39, 0.29) is 36.3 Å². The van der Waals surface area contributed by atoms with Gasteiger partial charge < -0.3 is 9.64 Å². The number of nitrogens with zero attached hydrogens (tertiary/aromatic N) is 3. The minimum Gasteiger partial charge on any atom is -0.482 e. The van der Waals surface area contributed by atoms with E-state index in [0.717, 1.165) is 12.8 Å². The summed E-state index contributed by atoms with van der Waals surface area (Å²) in [6, 6.07) is 4.03. The highest BCUT2D eigenvalue weighted by atomic mass is 16.6. The van der Waals surface area contributed by atoms with Crippen LogP contribution >= 0.6 is 0 Å². The maximum atomic E-state index is 12.5. The van der Waals surface area contributed by atoms with Gasteiger partial charge in [0.1, 0.15) is 12.3 Å². The molecule has 2 rings (SSSR count). The zero-order valence-corrected chi connectivity index (χ0v) is 13.9. The molecular weight excluding hydrogens is 314 g/mol. The van der Waals surface area contributed by atoms with Gasteiger partial charge in [0.25, 0.3) is 11.6 Å². The number of carbonyl (C=O) groups is 2. The smallest absolute Gasteiger partial charge is 0.271 e. The fourth-order valence-corrected chi connectivity index (χ4v) is 2.52. The number of benzene rings is 1. The number of fused-ring (bicyclic) bond motifs is 1. The van der Waals surface area contributed by atoms with Crippen molar-refractivity contribution in [3.63, 3.8) is 0 Å². The molecule has 0 N–H and O–H groups in total. The van der Waals surface area contributed by atoms with E-state index in [1.54, 1.807) is 4.90 Å². The third-order valence-corrected chi connectivity index (χ3v) is 3.91. The number of nitro groups is 1. The van der Waals surface area contributed by atoms with Crippen LogP contribution in [0.3, 0.4) is 0 Å². The molecule has 0 saturated carbocycles. The van der Waals surface area contributed by atoms with Gasteiger partial charge in [-0.3, -0.25) is 24.6 Å². The van der Waals surface area contributed by atoms with Crippen molar-refractivity contribution >= 4 is 23.2 Å². The van der Waals surface area contributed by atoms with Crippen molar-refractivity contribution in [2.24, 2.45) is 0 Å². The number of hydrogen-bond acceptors (Lipinski definition) is 5. The normalized spacial score (nSPS) is 13.2. The van der Waals surface area contributed by atoms with Crippen molar-refractivity contribution in [3.8, 4) is 5.75 Å². The van der Waals surface area contributed by atoms with E-state index < -0.39 is 4.92 Å². The van der Waals surface area contributed by atoms with E-state index in [1.807, 2.05) is 13.8 Å². The van der Waals surface area contributed by atoms with Gasteiger partial charge in [-0.15, -0.1) is 0 Å². The molecule has 0 unspecified atom stereocenters. The Bertz CT molecular complexity index is 647. The van der Waals surface area contributed by atoms with E-state index in [9.17, 15) is 19.7 Å². The van der Waals surface area contributed by atoms with Gasteiger partial charge in [0.15, 0.2) is 6.61 Å². The van der Waals surface area contributed by atoms with Gasteiger partial charge in [-0.25, -0.2) is 0 Å². The number of unbranched alkanes of at least 4 members (excludes halogenated alkanes) is 1. The van der Waals surface area contributed by atoms with E-state index >= 15 is 0 Å². The van der Waals surface area contributed by atoms with Crippen LogP contribution in [0, 0.1) is 10.1 Å². The van der Waals surface area contributed by atoms with Crippen LogP contribution in [0.15, 0.2) is 18.2 Å². The van der Waals surface area contributed by atoms with Crippen LogP contribution in [-0.4, -0.2) is 47.9 Å². The summed E-state index contributed by atoms with van der Waals surface area (Å²) in [5.41, 5.74) is 0.114. The minimum atomic E-state index is -0.543. The lowest BCUT2D eigenvalue weighted by molar-refractivity contribution is -0.384. The monoisotopic (exact) mass is 335 g/mol. The van der Waals surface area contributed by atoms with E-state index in [4.69, 9.17) is 4.74 Å². The van der Waals surface area contributed by atoms with Gasteiger partial charge in [-0.05, 0) is 19.4 Å². The first-order valence-corrected chi connectivity index (χ1v) is 7.97. The Balaban J connectivity index is 2.24. The summed E-state index contributed by atoms with van der Waals surface area (Å²) in [6.45, 7) is 4.78. The SMILES string of the molecule is CCCCN(CC)C(=O)CN1C(=O)COc2ccc([N+](=O)[O-])cc21. The number of non-ortho nitro benzene ring substituents is 1. The molecule has 2 amide bonds. The first-order valence-electron chi connectivity index (χ1n) is 7.97. The summed E-state index contributed by atoms with van der Waals surface area (Å²) in [5.74, 6) is -0.203. The molecule has 0 atom stereocenters. The lowest BCUT2D eigenvalue weighted by atomic mass is 10.2. The number of nitro benzene ring substituents is 1. The largest absolute Gasteiger partial charge is 0.482 e. The average molecular weight is 335 g/mol. The molecule has 0 fully saturated rings. The molecule has 1 aromatic carbocycles. The second-order valence-electron chi connectivity index (χ2n) is 5.50. The van der Waals surface area contributed by atoms with Crippen LogP contribution in [0.25, 0.3) is 0 Å². The Morgan fingerprint density at radius 2 is 2.17 bits per heavy atom. The summed E-state index contributed by atoms with van der Waals surface area (Å²) in [7, 11) is 0. The number of amides is 2. The molecule has 0 spiro atoms. The molecule has 8 nitrogen and oxygen atoms in total. The van der Waals surface area contributed by atoms with Gasteiger partial charge in [0.2, 0.25) is 5.91 Å². The predicted octanol–water partition coefficient (Wildman–Crippen LogP) is 1.97. The molecule has 0 saturated heterocycles. The van der Waals surface area contributed by atoms with Crippen molar-refractivity contribution in [1.82, 2.24) is 4.90 Å². The lowest BCUT2D eigenvalue weighted by Crippen LogP contribution is -2.46. The van der Waals surface area contributed by atoms with E-state index in [2.05, 4.69) is 0 Å². The van der Waals surface area contributed by atoms with Crippen LogP contribution in [-0.2, 0) is 9.59 Å². The molecule has 1 aliphatic heterocycles. The summed E-state index contributed by atoms with van der Waals surface area (Å²) >= 11 is 0. The van der Waals surface area contributed by atoms with Crippen molar-refractivity contribution < 1.29 is 19.2 Å². The second-order valence-corrected chi connectivity index (χ2v) is 5.50. The summed E-state index contributed by atoms with van der Waals surface area (Å²) < 4.78 is 5.30. The average Bonchev–Trinajstić information content (AvgIpc) is 2.57. The molecular formula is C16H21N3O5. The van der Waals surface area contributed by atoms with Crippen LogP contribution < -0.4 is 9.64 Å². The van der Waals surface area contributed by atoms with Crippen LogP contribution in [0.1, 0.15) is 26.7 Å². The molecule has 1 heterocycles. The molecule has 1 aliphatic rings. The Morgan fingerprint density at radius 3 is 2.79 bits per heavy atom. The Kier molecular flexibility index (Phi) is 5.73. The van der Waals surface area contributed by atoms with E-state index in [0.29, 0.717) is 18.8 Å². The highest BCUT2D eigenvalue weighted by Gasteiger charge is 2.30. The van der Waals surface area contributed by atoms with Gasteiger partial charge >= 0.3 is 0 Å². The standard InChI is InChI=1S/C16H21N3O5/c1-3-5-8-17(4-2)15(20)10-18-13-9-12(19(22)23)6-7-14(13)24-11-16(18)21/h6-7,9H,3-5,8,10-11H2,1-2H3. The third-order valence-electron chi connectivity index (χ3n) is 3.91. The van der Waals surface area contributed by atoms with Gasteiger partial charge in [-0.2, -0.15) is 0 Å². The highest BCUT2D eigenvalue weighted by Crippen LogP contribution is 2.35. The number of rotatable bonds is 7. The molecule has 1 aromatic rings. The lowest BCUT2D eigenvalue weighted by Gasteiger charge is -2.30. The maximum absolute atomic E-state index is 12.5. The van der Waals surface area contributed by atoms with Gasteiger partial charge in [0, 0.05) is 25.2 Å². The Hall–Kier alpha value is -2.64. The molecule has 0 bridgehead atoms. The topological polar surface area (TPSA) is 93.0 Å². The number of anilines is 1. The van der Waals surface area contributed by atoms with Crippen LogP contribution in [0.4, 0.5) is 11.4 Å². The number of hydrogen-bond donors (Lipinski definition) is 0. The highest BCUT2D eigenvalue weighted by molar-refractivity contribution is 6.02. The van der Waals surface area contributed by atoms with Crippen LogP contribution in [0.5, 0.6) is 5.75 Å². The summed E-state index contributed by atoms with van der Waals surface area (Å²) in [4.78, 5) is 38.0. The third kappa shape index (κ3) is 3.81. The zero-order valence-electron chi connectivity index (χ0n) is 13.9. The summed E-state index contributed by atoms with van der Waals surface area (Å²) in [5, 5.41) is 11.0. The molecule has 130 valence electrons. The van der Waals surface area contributed by atoms with Crippen molar-refractivity contribution in [1.29, 1.82) is 0 Å². The molecule has 8 heteroatoms. The molecule has 24 heavy (non-hydrogen) atoms. The number of ether oxygens (including phenoxy) is 1. The Morgan fingerprint density at radius 1 is 1.42 bits per heavy atom.